The molecule has 0 aromatic rings. The van der Waals surface area contributed by atoms with E-state index in [-0.39, 0.29) is 22.4 Å². The highest BCUT2D eigenvalue weighted by atomic mass is 32.2. The van der Waals surface area contributed by atoms with Crippen LogP contribution >= 0.6 is 11.8 Å². The van der Waals surface area contributed by atoms with E-state index >= 15 is 0 Å². The lowest BCUT2D eigenvalue weighted by atomic mass is 9.99. The molecular formula is C20H33NO3S. The van der Waals surface area contributed by atoms with Crippen LogP contribution in [0.2, 0.25) is 0 Å². The van der Waals surface area contributed by atoms with Crippen molar-refractivity contribution < 1.29 is 14.3 Å². The Hall–Kier alpha value is -0.970. The minimum Gasteiger partial charge on any atom is -0.486 e. The van der Waals surface area contributed by atoms with Crippen LogP contribution < -0.4 is 0 Å². The number of unbranched alkanes of at least 4 members (excludes halogenated alkanes) is 5. The van der Waals surface area contributed by atoms with Crippen molar-refractivity contribution in [3.63, 3.8) is 0 Å². The van der Waals surface area contributed by atoms with Gasteiger partial charge in [-0.25, -0.2) is 0 Å². The molecule has 1 saturated heterocycles. The van der Waals surface area contributed by atoms with Crippen LogP contribution in [0.3, 0.4) is 0 Å². The molecule has 2 heterocycles. The molecule has 0 aliphatic carbocycles. The molecule has 4 nitrogen and oxygen atoms in total. The van der Waals surface area contributed by atoms with Crippen LogP contribution in [0, 0.1) is 0 Å². The van der Waals surface area contributed by atoms with Crippen LogP contribution in [0.25, 0.3) is 0 Å². The number of carbonyl (C=O) groups is 2. The molecule has 1 atom stereocenters. The first-order valence-corrected chi connectivity index (χ1v) is 10.7. The number of likely N-dealkylation sites (tertiary alicyclic amines) is 1. The van der Waals surface area contributed by atoms with Crippen molar-refractivity contribution in [2.75, 3.05) is 19.7 Å². The molecule has 1 fully saturated rings. The van der Waals surface area contributed by atoms with E-state index in [1.54, 1.807) is 6.08 Å². The molecule has 5 heteroatoms. The van der Waals surface area contributed by atoms with Crippen LogP contribution in [0.15, 0.2) is 11.8 Å². The van der Waals surface area contributed by atoms with E-state index in [0.29, 0.717) is 5.76 Å². The van der Waals surface area contributed by atoms with Gasteiger partial charge in [0.05, 0.1) is 4.75 Å². The maximum absolute atomic E-state index is 12.3. The van der Waals surface area contributed by atoms with Gasteiger partial charge in [-0.15, -0.1) is 0 Å². The predicted molar refractivity (Wildman–Crippen MR) is 103 cm³/mol. The Bertz CT molecular complexity index is 485. The monoisotopic (exact) mass is 367 g/mol. The molecule has 1 amide bonds. The number of hydrogen-bond acceptors (Lipinski definition) is 4. The van der Waals surface area contributed by atoms with E-state index < -0.39 is 0 Å². The highest BCUT2D eigenvalue weighted by Gasteiger charge is 2.39. The Labute approximate surface area is 156 Å². The van der Waals surface area contributed by atoms with Crippen molar-refractivity contribution >= 4 is 22.8 Å². The van der Waals surface area contributed by atoms with Crippen molar-refractivity contribution in [3.05, 3.63) is 11.8 Å². The van der Waals surface area contributed by atoms with Gasteiger partial charge in [0.1, 0.15) is 5.76 Å². The second kappa shape index (κ2) is 10.2. The average Bonchev–Trinajstić information content (AvgIpc) is 2.90. The molecular weight excluding hydrogens is 334 g/mol. The normalized spacial score (nSPS) is 23.7. The Morgan fingerprint density at radius 3 is 2.56 bits per heavy atom. The molecule has 0 aromatic carbocycles. The second-order valence-electron chi connectivity index (χ2n) is 7.41. The van der Waals surface area contributed by atoms with Crippen molar-refractivity contribution in [2.45, 2.75) is 82.8 Å². The van der Waals surface area contributed by atoms with E-state index in [1.807, 2.05) is 4.90 Å². The highest BCUT2D eigenvalue weighted by Crippen LogP contribution is 2.44. The van der Waals surface area contributed by atoms with E-state index in [9.17, 15) is 9.59 Å². The fourth-order valence-electron chi connectivity index (χ4n) is 3.55. The molecule has 0 saturated carbocycles. The Kier molecular flexibility index (Phi) is 8.34. The summed E-state index contributed by atoms with van der Waals surface area (Å²) in [5.41, 5.74) is 0. The summed E-state index contributed by atoms with van der Waals surface area (Å²) >= 11 is 1.35. The summed E-state index contributed by atoms with van der Waals surface area (Å²) < 4.78 is 5.53. The van der Waals surface area contributed by atoms with Gasteiger partial charge in [0.2, 0.25) is 5.12 Å². The summed E-state index contributed by atoms with van der Waals surface area (Å²) in [6.45, 7) is 6.03. The lowest BCUT2D eigenvalue weighted by molar-refractivity contribution is -0.135. The Morgan fingerprint density at radius 1 is 1.16 bits per heavy atom. The summed E-state index contributed by atoms with van der Waals surface area (Å²) in [7, 11) is 0. The number of amides is 1. The van der Waals surface area contributed by atoms with Crippen molar-refractivity contribution in [1.82, 2.24) is 4.90 Å². The first kappa shape index (κ1) is 20.3. The van der Waals surface area contributed by atoms with E-state index in [4.69, 9.17) is 4.74 Å². The molecule has 0 radical (unpaired) electrons. The number of thioether (sulfide) groups is 1. The van der Waals surface area contributed by atoms with Gasteiger partial charge in [0.15, 0.2) is 6.61 Å². The Morgan fingerprint density at radius 2 is 1.84 bits per heavy atom. The van der Waals surface area contributed by atoms with E-state index in [1.165, 1.54) is 50.3 Å². The minimum absolute atomic E-state index is 0.0480. The van der Waals surface area contributed by atoms with Crippen LogP contribution in [-0.4, -0.2) is 40.4 Å². The van der Waals surface area contributed by atoms with Gasteiger partial charge < -0.3 is 9.64 Å². The number of ether oxygens (including phenoxy) is 1. The smallest absolute Gasteiger partial charge is 0.260 e. The summed E-state index contributed by atoms with van der Waals surface area (Å²) in [4.78, 5) is 26.1. The minimum atomic E-state index is -0.302. The molecule has 0 spiro atoms. The number of rotatable bonds is 10. The lowest BCUT2D eigenvalue weighted by Crippen LogP contribution is -2.38. The van der Waals surface area contributed by atoms with Crippen LogP contribution in [0.1, 0.15) is 78.1 Å². The fourth-order valence-corrected chi connectivity index (χ4v) is 4.62. The maximum atomic E-state index is 12.3. The van der Waals surface area contributed by atoms with Gasteiger partial charge in [0, 0.05) is 19.2 Å². The molecule has 1 unspecified atom stereocenters. The molecule has 0 aromatic heterocycles. The first-order valence-electron chi connectivity index (χ1n) is 9.91. The van der Waals surface area contributed by atoms with Gasteiger partial charge in [-0.2, -0.15) is 0 Å². The number of piperidine rings is 1. The third kappa shape index (κ3) is 6.36. The highest BCUT2D eigenvalue weighted by molar-refractivity contribution is 8.15. The van der Waals surface area contributed by atoms with Gasteiger partial charge in [-0.3, -0.25) is 9.59 Å². The molecule has 0 bridgehead atoms. The van der Waals surface area contributed by atoms with Gasteiger partial charge in [-0.05, 0) is 32.6 Å². The third-order valence-corrected chi connectivity index (χ3v) is 6.34. The van der Waals surface area contributed by atoms with E-state index in [0.717, 1.165) is 38.8 Å². The summed E-state index contributed by atoms with van der Waals surface area (Å²) in [5.74, 6) is 0.744. The Balaban J connectivity index is 1.77. The molecule has 142 valence electrons. The molecule has 2 aliphatic heterocycles. The standard InChI is InChI=1S/C20H33NO3S/c1-3-4-5-6-7-9-12-20(2)17(15-19(23)25-20)24-16-18(22)21-13-10-8-11-14-21/h15H,3-14,16H2,1-2H3. The first-order chi connectivity index (χ1) is 12.0. The zero-order valence-corrected chi connectivity index (χ0v) is 16.7. The number of carbonyl (C=O) groups excluding carboxylic acids is 2. The summed E-state index contributed by atoms with van der Waals surface area (Å²) in [6, 6.07) is 0. The molecule has 2 aliphatic rings. The largest absolute Gasteiger partial charge is 0.486 e. The van der Waals surface area contributed by atoms with Gasteiger partial charge >= 0.3 is 0 Å². The van der Waals surface area contributed by atoms with E-state index in [2.05, 4.69) is 13.8 Å². The van der Waals surface area contributed by atoms with Crippen LogP contribution in [0.5, 0.6) is 0 Å². The van der Waals surface area contributed by atoms with Crippen LogP contribution in [-0.2, 0) is 14.3 Å². The zero-order valence-electron chi connectivity index (χ0n) is 15.8. The second-order valence-corrected chi connectivity index (χ2v) is 8.92. The molecule has 0 N–H and O–H groups in total. The SMILES string of the molecule is CCCCCCCCC1(C)SC(=O)C=C1OCC(=O)N1CCCCC1. The third-order valence-electron chi connectivity index (χ3n) is 5.16. The van der Waals surface area contributed by atoms with Crippen molar-refractivity contribution in [1.29, 1.82) is 0 Å². The summed E-state index contributed by atoms with van der Waals surface area (Å²) in [5, 5.41) is 0.0499. The average molecular weight is 368 g/mol. The van der Waals surface area contributed by atoms with Gasteiger partial charge in [-0.1, -0.05) is 57.2 Å². The fraction of sp³-hybridized carbons (Fsp3) is 0.800. The molecule has 25 heavy (non-hydrogen) atoms. The van der Waals surface area contributed by atoms with Crippen molar-refractivity contribution in [3.8, 4) is 0 Å². The van der Waals surface area contributed by atoms with Crippen molar-refractivity contribution in [2.24, 2.45) is 0 Å². The molecule has 2 rings (SSSR count). The van der Waals surface area contributed by atoms with Gasteiger partial charge in [0.25, 0.3) is 5.91 Å². The quantitative estimate of drug-likeness (QED) is 0.526. The number of hydrogen-bond donors (Lipinski definition) is 0. The summed E-state index contributed by atoms with van der Waals surface area (Å²) in [6.07, 6.45) is 13.3. The maximum Gasteiger partial charge on any atom is 0.260 e. The number of nitrogens with zero attached hydrogens (tertiary/aromatic N) is 1. The van der Waals surface area contributed by atoms with Crippen LogP contribution in [0.4, 0.5) is 0 Å². The lowest BCUT2D eigenvalue weighted by Gasteiger charge is -2.29. The topological polar surface area (TPSA) is 46.6 Å². The zero-order chi connectivity index (χ0) is 18.1. The predicted octanol–water partition coefficient (Wildman–Crippen LogP) is 4.68.